The fourth-order valence-electron chi connectivity index (χ4n) is 3.38. The monoisotopic (exact) mass is 398 g/mol. The Morgan fingerprint density at radius 3 is 2.17 bits per heavy atom. The highest BCUT2D eigenvalue weighted by atomic mass is 16.5. The van der Waals surface area contributed by atoms with Crippen LogP contribution in [-0.2, 0) is 11.2 Å². The molecule has 0 spiro atoms. The van der Waals surface area contributed by atoms with Crippen molar-refractivity contribution in [2.75, 3.05) is 47.5 Å². The van der Waals surface area contributed by atoms with Crippen molar-refractivity contribution in [3.8, 4) is 17.2 Å². The zero-order valence-electron chi connectivity index (χ0n) is 17.0. The van der Waals surface area contributed by atoms with Crippen LogP contribution in [0.25, 0.3) is 0 Å². The minimum absolute atomic E-state index is 0.0523. The zero-order chi connectivity index (χ0) is 20.8. The Morgan fingerprint density at radius 2 is 1.52 bits per heavy atom. The Hall–Kier alpha value is -3.22. The van der Waals surface area contributed by atoms with Crippen LogP contribution in [0, 0.1) is 0 Å². The molecular formula is C22H26N2O5. The normalized spacial score (nSPS) is 13.8. The van der Waals surface area contributed by atoms with Gasteiger partial charge in [0.15, 0.2) is 11.5 Å². The van der Waals surface area contributed by atoms with Gasteiger partial charge in [-0.15, -0.1) is 0 Å². The molecule has 0 aliphatic carbocycles. The van der Waals surface area contributed by atoms with E-state index >= 15 is 0 Å². The summed E-state index contributed by atoms with van der Waals surface area (Å²) >= 11 is 0. The van der Waals surface area contributed by atoms with E-state index in [0.717, 1.165) is 11.3 Å². The quantitative estimate of drug-likeness (QED) is 0.747. The van der Waals surface area contributed by atoms with Gasteiger partial charge < -0.3 is 24.0 Å². The summed E-state index contributed by atoms with van der Waals surface area (Å²) < 4.78 is 15.7. The Labute approximate surface area is 170 Å². The lowest BCUT2D eigenvalue weighted by Gasteiger charge is -2.35. The summed E-state index contributed by atoms with van der Waals surface area (Å²) in [5.74, 6) is 1.81. The van der Waals surface area contributed by atoms with E-state index in [1.165, 1.54) is 0 Å². The molecule has 3 rings (SSSR count). The summed E-state index contributed by atoms with van der Waals surface area (Å²) in [7, 11) is 4.70. The highest BCUT2D eigenvalue weighted by Gasteiger charge is 2.25. The summed E-state index contributed by atoms with van der Waals surface area (Å²) in [6.07, 6.45) is 0.320. The number of amides is 2. The smallest absolute Gasteiger partial charge is 0.254 e. The van der Waals surface area contributed by atoms with Crippen molar-refractivity contribution in [3.63, 3.8) is 0 Å². The van der Waals surface area contributed by atoms with Crippen molar-refractivity contribution >= 4 is 11.8 Å². The van der Waals surface area contributed by atoms with Gasteiger partial charge in [0.1, 0.15) is 5.75 Å². The average molecular weight is 398 g/mol. The molecule has 29 heavy (non-hydrogen) atoms. The van der Waals surface area contributed by atoms with Crippen LogP contribution in [0.4, 0.5) is 0 Å². The van der Waals surface area contributed by atoms with Gasteiger partial charge in [-0.2, -0.15) is 0 Å². The molecule has 2 aromatic rings. The van der Waals surface area contributed by atoms with Gasteiger partial charge in [0.25, 0.3) is 5.91 Å². The van der Waals surface area contributed by atoms with Gasteiger partial charge in [-0.1, -0.05) is 12.1 Å². The molecule has 0 radical (unpaired) electrons. The van der Waals surface area contributed by atoms with E-state index in [1.807, 2.05) is 24.3 Å². The maximum atomic E-state index is 12.8. The molecule has 0 N–H and O–H groups in total. The number of rotatable bonds is 6. The number of hydrogen-bond donors (Lipinski definition) is 0. The van der Waals surface area contributed by atoms with Crippen molar-refractivity contribution < 1.29 is 23.8 Å². The molecule has 2 amide bonds. The molecule has 0 saturated carbocycles. The summed E-state index contributed by atoms with van der Waals surface area (Å²) in [5, 5.41) is 0. The zero-order valence-corrected chi connectivity index (χ0v) is 17.0. The molecule has 2 aromatic carbocycles. The predicted octanol–water partition coefficient (Wildman–Crippen LogP) is 2.24. The van der Waals surface area contributed by atoms with Crippen molar-refractivity contribution in [1.82, 2.24) is 9.80 Å². The standard InChI is InChI=1S/C22H26N2O5/c1-27-18-6-4-5-16(13-18)14-21(25)23-9-11-24(12-10-23)22(26)17-7-8-19(28-2)20(15-17)29-3/h4-8,13,15H,9-12,14H2,1-3H3. The van der Waals surface area contributed by atoms with Gasteiger partial charge in [0.05, 0.1) is 27.8 Å². The maximum Gasteiger partial charge on any atom is 0.254 e. The van der Waals surface area contributed by atoms with Crippen LogP contribution in [0.1, 0.15) is 15.9 Å². The van der Waals surface area contributed by atoms with E-state index in [9.17, 15) is 9.59 Å². The van der Waals surface area contributed by atoms with Crippen LogP contribution in [0.2, 0.25) is 0 Å². The Kier molecular flexibility index (Phi) is 6.59. The van der Waals surface area contributed by atoms with Crippen LogP contribution in [0.15, 0.2) is 42.5 Å². The second-order valence-electron chi connectivity index (χ2n) is 6.77. The number of hydrogen-bond acceptors (Lipinski definition) is 5. The summed E-state index contributed by atoms with van der Waals surface area (Å²) in [6, 6.07) is 12.6. The lowest BCUT2D eigenvalue weighted by molar-refractivity contribution is -0.131. The molecular weight excluding hydrogens is 372 g/mol. The molecule has 0 aromatic heterocycles. The first-order valence-electron chi connectivity index (χ1n) is 9.47. The fraction of sp³-hybridized carbons (Fsp3) is 0.364. The Balaban J connectivity index is 1.58. The number of ether oxygens (including phenoxy) is 3. The average Bonchev–Trinajstić information content (AvgIpc) is 2.78. The number of benzene rings is 2. The second-order valence-corrected chi connectivity index (χ2v) is 6.77. The molecule has 0 unspecified atom stereocenters. The Morgan fingerprint density at radius 1 is 0.828 bits per heavy atom. The highest BCUT2D eigenvalue weighted by Crippen LogP contribution is 2.28. The van der Waals surface area contributed by atoms with Crippen LogP contribution < -0.4 is 14.2 Å². The van der Waals surface area contributed by atoms with Gasteiger partial charge in [0, 0.05) is 31.7 Å². The summed E-state index contributed by atoms with van der Waals surface area (Å²) in [4.78, 5) is 29.0. The van der Waals surface area contributed by atoms with Gasteiger partial charge in [-0.05, 0) is 35.9 Å². The van der Waals surface area contributed by atoms with Gasteiger partial charge >= 0.3 is 0 Å². The van der Waals surface area contributed by atoms with Crippen molar-refractivity contribution in [3.05, 3.63) is 53.6 Å². The van der Waals surface area contributed by atoms with E-state index in [1.54, 1.807) is 49.3 Å². The van der Waals surface area contributed by atoms with Gasteiger partial charge in [-0.25, -0.2) is 0 Å². The number of nitrogens with zero attached hydrogens (tertiary/aromatic N) is 2. The molecule has 7 heteroatoms. The fourth-order valence-corrected chi connectivity index (χ4v) is 3.38. The largest absolute Gasteiger partial charge is 0.497 e. The summed E-state index contributed by atoms with van der Waals surface area (Å²) in [6.45, 7) is 2.03. The lowest BCUT2D eigenvalue weighted by Crippen LogP contribution is -2.51. The van der Waals surface area contributed by atoms with Crippen LogP contribution in [-0.4, -0.2) is 69.1 Å². The predicted molar refractivity (Wildman–Crippen MR) is 109 cm³/mol. The van der Waals surface area contributed by atoms with Gasteiger partial charge in [0.2, 0.25) is 5.91 Å². The first-order valence-corrected chi connectivity index (χ1v) is 9.47. The number of piperazine rings is 1. The van der Waals surface area contributed by atoms with Gasteiger partial charge in [-0.3, -0.25) is 9.59 Å². The van der Waals surface area contributed by atoms with E-state index in [2.05, 4.69) is 0 Å². The van der Waals surface area contributed by atoms with Crippen LogP contribution in [0.3, 0.4) is 0 Å². The minimum atomic E-state index is -0.0779. The third-order valence-electron chi connectivity index (χ3n) is 5.04. The van der Waals surface area contributed by atoms with E-state index < -0.39 is 0 Å². The number of carbonyl (C=O) groups excluding carboxylic acids is 2. The van der Waals surface area contributed by atoms with Crippen LogP contribution in [0.5, 0.6) is 17.2 Å². The maximum absolute atomic E-state index is 12.8. The van der Waals surface area contributed by atoms with Crippen molar-refractivity contribution in [2.24, 2.45) is 0 Å². The lowest BCUT2D eigenvalue weighted by atomic mass is 10.1. The third kappa shape index (κ3) is 4.80. The molecule has 1 saturated heterocycles. The molecule has 7 nitrogen and oxygen atoms in total. The highest BCUT2D eigenvalue weighted by molar-refractivity contribution is 5.95. The number of methoxy groups -OCH3 is 3. The van der Waals surface area contributed by atoms with Crippen LogP contribution >= 0.6 is 0 Å². The molecule has 1 fully saturated rings. The summed E-state index contributed by atoms with van der Waals surface area (Å²) in [5.41, 5.74) is 1.46. The first kappa shape index (κ1) is 20.5. The third-order valence-corrected chi connectivity index (χ3v) is 5.04. The van der Waals surface area contributed by atoms with E-state index in [-0.39, 0.29) is 11.8 Å². The molecule has 1 aliphatic heterocycles. The molecule has 1 aliphatic rings. The first-order chi connectivity index (χ1) is 14.0. The van der Waals surface area contributed by atoms with Crippen molar-refractivity contribution in [2.45, 2.75) is 6.42 Å². The second kappa shape index (κ2) is 9.32. The minimum Gasteiger partial charge on any atom is -0.497 e. The molecule has 1 heterocycles. The molecule has 0 bridgehead atoms. The molecule has 154 valence electrons. The van der Waals surface area contributed by atoms with E-state index in [0.29, 0.717) is 49.7 Å². The molecule has 0 atom stereocenters. The van der Waals surface area contributed by atoms with E-state index in [4.69, 9.17) is 14.2 Å². The SMILES string of the molecule is COc1cccc(CC(=O)N2CCN(C(=O)c3ccc(OC)c(OC)c3)CC2)c1. The van der Waals surface area contributed by atoms with Crippen molar-refractivity contribution in [1.29, 1.82) is 0 Å². The topological polar surface area (TPSA) is 68.3 Å². The Bertz CT molecular complexity index is 875. The number of carbonyl (C=O) groups is 2.